The van der Waals surface area contributed by atoms with Gasteiger partial charge >= 0.3 is 71.6 Å². The van der Waals surface area contributed by atoms with E-state index >= 15 is 0 Å². The number of hydrogen-bond donors (Lipinski definition) is 0. The van der Waals surface area contributed by atoms with Gasteiger partial charge in [0.1, 0.15) is 0 Å². The Balaban J connectivity index is 2.30. The summed E-state index contributed by atoms with van der Waals surface area (Å²) in [7, 11) is 0. The fraction of sp³-hybridized carbons (Fsp3) is 0.636. The van der Waals surface area contributed by atoms with Crippen LogP contribution in [0.1, 0.15) is 11.6 Å². The van der Waals surface area contributed by atoms with Gasteiger partial charge in [-0.25, -0.2) is 19.9 Å². The molecule has 0 aliphatic carbocycles. The summed E-state index contributed by atoms with van der Waals surface area (Å²) >= 11 is 0. The summed E-state index contributed by atoms with van der Waals surface area (Å²) < 4.78 is 354. The number of aromatic nitrogens is 4. The lowest BCUT2D eigenvalue weighted by atomic mass is 9.97. The summed E-state index contributed by atoms with van der Waals surface area (Å²) in [4.78, 5) is 8.63. The van der Waals surface area contributed by atoms with Crippen molar-refractivity contribution in [1.29, 1.82) is 0 Å². The van der Waals surface area contributed by atoms with Crippen molar-refractivity contribution in [2.24, 2.45) is 0 Å². The Morgan fingerprint density at radius 3 is 0.759 bits per heavy atom. The molecule has 2 aromatic rings. The molecule has 2 rings (SSSR count). The molecular formula is C22H8F26N4O2. The zero-order valence-corrected chi connectivity index (χ0v) is 24.2. The Labute approximate surface area is 277 Å². The molecule has 0 aliphatic heterocycles. The van der Waals surface area contributed by atoms with Crippen LogP contribution in [-0.2, 0) is 11.8 Å². The normalized spacial score (nSPS) is 15.4. The van der Waals surface area contributed by atoms with E-state index in [0.29, 0.717) is 0 Å². The molecule has 0 fully saturated rings. The minimum Gasteiger partial charge on any atom is -0.484 e. The van der Waals surface area contributed by atoms with Crippen molar-refractivity contribution >= 4 is 0 Å². The highest BCUT2D eigenvalue weighted by Gasteiger charge is 2.84. The fourth-order valence-corrected chi connectivity index (χ4v) is 3.13. The molecule has 0 saturated heterocycles. The summed E-state index contributed by atoms with van der Waals surface area (Å²) in [5.41, 5.74) is 0. The van der Waals surface area contributed by atoms with Gasteiger partial charge in [0.15, 0.2) is 24.7 Å². The van der Waals surface area contributed by atoms with Crippen molar-refractivity contribution in [1.82, 2.24) is 19.9 Å². The average molecular weight is 854 g/mol. The third-order valence-corrected chi connectivity index (χ3v) is 6.26. The van der Waals surface area contributed by atoms with Crippen LogP contribution in [0.15, 0.2) is 24.8 Å². The first kappa shape index (κ1) is 46.1. The van der Waals surface area contributed by atoms with Gasteiger partial charge in [0.05, 0.1) is 24.8 Å². The SMILES string of the molecule is FC(F)(F)C(F)(F)C(F)(F)C(F)(F)COc1cnc(C(F)(F)C(F)(F)C(F)(F)C(F)(F)c2ncc(OCC(F)(F)C(F)(F)C(F)(F)C(F)(F)F)cn2)nc1. The highest BCUT2D eigenvalue weighted by atomic mass is 19.4. The molecule has 0 radical (unpaired) electrons. The Hall–Kier alpha value is -4.06. The molecule has 0 unspecified atom stereocenters. The number of alkyl halides is 26. The van der Waals surface area contributed by atoms with Crippen molar-refractivity contribution in [3.05, 3.63) is 36.4 Å². The number of hydrogen-bond acceptors (Lipinski definition) is 6. The van der Waals surface area contributed by atoms with E-state index in [4.69, 9.17) is 0 Å². The Morgan fingerprint density at radius 2 is 0.556 bits per heavy atom. The number of ether oxygens (including phenoxy) is 2. The molecule has 2 aromatic heterocycles. The molecule has 0 bridgehead atoms. The van der Waals surface area contributed by atoms with Gasteiger partial charge in [0.2, 0.25) is 11.6 Å². The molecule has 0 aromatic carbocycles. The highest BCUT2D eigenvalue weighted by molar-refractivity contribution is 5.21. The molecule has 54 heavy (non-hydrogen) atoms. The van der Waals surface area contributed by atoms with E-state index in [1.54, 1.807) is 0 Å². The maximum absolute atomic E-state index is 14.5. The molecule has 0 aliphatic rings. The van der Waals surface area contributed by atoms with Crippen LogP contribution in [0.2, 0.25) is 0 Å². The van der Waals surface area contributed by atoms with Gasteiger partial charge in [0.25, 0.3) is 0 Å². The maximum Gasteiger partial charge on any atom is 0.460 e. The fourth-order valence-electron chi connectivity index (χ4n) is 3.13. The van der Waals surface area contributed by atoms with Crippen LogP contribution in [0.25, 0.3) is 0 Å². The zero-order chi connectivity index (χ0) is 42.8. The molecule has 0 saturated carbocycles. The van der Waals surface area contributed by atoms with Crippen molar-refractivity contribution < 1.29 is 124 Å². The molecule has 0 amide bonds. The van der Waals surface area contributed by atoms with E-state index in [1.165, 1.54) is 0 Å². The standard InChI is InChI=1S/C22H8F26N4O2/c23-11(24,15(31,32)19(39,40)21(43,44)45)5-53-7-1-49-9(50-2-7)13(27,28)17(35,36)18(37,38)14(29,30)10-51-3-8(4-52-10)54-6-12(25,26)16(33,34)20(41,42)22(46,47)48/h1-4H,5-6H2. The number of rotatable bonds is 15. The topological polar surface area (TPSA) is 70.0 Å². The smallest absolute Gasteiger partial charge is 0.460 e. The van der Waals surface area contributed by atoms with Gasteiger partial charge < -0.3 is 9.47 Å². The number of halogens is 26. The third-order valence-electron chi connectivity index (χ3n) is 6.26. The number of nitrogens with zero attached hydrogens (tertiary/aromatic N) is 4. The summed E-state index contributed by atoms with van der Waals surface area (Å²) in [6.07, 6.45) is -16.9. The van der Waals surface area contributed by atoms with Gasteiger partial charge in [-0.05, 0) is 0 Å². The second kappa shape index (κ2) is 13.3. The lowest BCUT2D eigenvalue weighted by Gasteiger charge is -2.35. The van der Waals surface area contributed by atoms with E-state index in [9.17, 15) is 114 Å². The van der Waals surface area contributed by atoms with E-state index < -0.39 is 133 Å². The van der Waals surface area contributed by atoms with E-state index in [-0.39, 0.29) is 0 Å². The van der Waals surface area contributed by atoms with Gasteiger partial charge in [-0.1, -0.05) is 0 Å². The van der Waals surface area contributed by atoms with Crippen molar-refractivity contribution in [2.75, 3.05) is 13.2 Å². The van der Waals surface area contributed by atoms with Crippen LogP contribution >= 0.6 is 0 Å². The predicted octanol–water partition coefficient (Wildman–Crippen LogP) is 9.11. The average Bonchev–Trinajstić information content (AvgIpc) is 3.01. The Bertz CT molecular complexity index is 1480. The van der Waals surface area contributed by atoms with Gasteiger partial charge in [-0.2, -0.15) is 114 Å². The first-order valence-electron chi connectivity index (χ1n) is 12.4. The first-order chi connectivity index (χ1) is 23.6. The Morgan fingerprint density at radius 1 is 0.333 bits per heavy atom. The third kappa shape index (κ3) is 7.22. The van der Waals surface area contributed by atoms with Crippen LogP contribution < -0.4 is 9.47 Å². The second-order valence-corrected chi connectivity index (χ2v) is 10.1. The Kier molecular flexibility index (Phi) is 11.4. The molecule has 2 heterocycles. The minimum absolute atomic E-state index is 0.579. The summed E-state index contributed by atoms with van der Waals surface area (Å²) in [5.74, 6) is -80.2. The van der Waals surface area contributed by atoms with Crippen molar-refractivity contribution in [3.63, 3.8) is 0 Å². The summed E-state index contributed by atoms with van der Waals surface area (Å²) in [6, 6.07) is 0. The summed E-state index contributed by atoms with van der Waals surface area (Å²) in [5, 5.41) is 0. The lowest BCUT2D eigenvalue weighted by molar-refractivity contribution is -0.398. The molecule has 0 spiro atoms. The predicted molar refractivity (Wildman–Crippen MR) is 115 cm³/mol. The van der Waals surface area contributed by atoms with Crippen LogP contribution in [0.3, 0.4) is 0 Å². The van der Waals surface area contributed by atoms with Gasteiger partial charge in [0, 0.05) is 0 Å². The molecule has 310 valence electrons. The highest BCUT2D eigenvalue weighted by Crippen LogP contribution is 2.59. The van der Waals surface area contributed by atoms with Gasteiger partial charge in [-0.15, -0.1) is 0 Å². The lowest BCUT2D eigenvalue weighted by Crippen LogP contribution is -2.62. The van der Waals surface area contributed by atoms with Crippen LogP contribution in [0, 0.1) is 0 Å². The summed E-state index contributed by atoms with van der Waals surface area (Å²) in [6.45, 7) is -6.37. The molecule has 0 N–H and O–H groups in total. The van der Waals surface area contributed by atoms with Crippen LogP contribution in [0.5, 0.6) is 11.5 Å². The maximum atomic E-state index is 14.5. The van der Waals surface area contributed by atoms with E-state index in [2.05, 4.69) is 29.4 Å². The van der Waals surface area contributed by atoms with E-state index in [1.807, 2.05) is 0 Å². The molecule has 6 nitrogen and oxygen atoms in total. The molecule has 0 atom stereocenters. The van der Waals surface area contributed by atoms with E-state index in [0.717, 1.165) is 0 Å². The minimum atomic E-state index is -7.46. The zero-order valence-electron chi connectivity index (χ0n) is 24.2. The van der Waals surface area contributed by atoms with Crippen molar-refractivity contribution in [2.45, 2.75) is 71.6 Å². The molecule has 32 heteroatoms. The first-order valence-corrected chi connectivity index (χ1v) is 12.4. The molecular weight excluding hydrogens is 846 g/mol. The van der Waals surface area contributed by atoms with Gasteiger partial charge in [-0.3, -0.25) is 0 Å². The van der Waals surface area contributed by atoms with Crippen molar-refractivity contribution in [3.8, 4) is 11.5 Å². The monoisotopic (exact) mass is 854 g/mol. The van der Waals surface area contributed by atoms with Crippen LogP contribution in [-0.4, -0.2) is 92.9 Å². The van der Waals surface area contributed by atoms with Crippen LogP contribution in [0.4, 0.5) is 114 Å². The second-order valence-electron chi connectivity index (χ2n) is 10.1. The quantitative estimate of drug-likeness (QED) is 0.167. The largest absolute Gasteiger partial charge is 0.484 e.